The van der Waals surface area contributed by atoms with E-state index in [0.717, 1.165) is 12.2 Å². The average Bonchev–Trinajstić information content (AvgIpc) is 2.46. The van der Waals surface area contributed by atoms with Crippen LogP contribution in [-0.4, -0.2) is 16.6 Å². The van der Waals surface area contributed by atoms with E-state index in [0.29, 0.717) is 11.1 Å². The van der Waals surface area contributed by atoms with Crippen LogP contribution in [0.4, 0.5) is 0 Å². The van der Waals surface area contributed by atoms with Crippen molar-refractivity contribution in [2.24, 2.45) is 5.41 Å². The minimum absolute atomic E-state index is 0.131. The fourth-order valence-electron chi connectivity index (χ4n) is 3.22. The highest BCUT2D eigenvalue weighted by molar-refractivity contribution is 6.00. The third-order valence-electron chi connectivity index (χ3n) is 3.91. The Bertz CT molecular complexity index is 638. The van der Waals surface area contributed by atoms with Gasteiger partial charge in [-0.25, -0.2) is 0 Å². The largest absolute Gasteiger partial charge is 0.482 e. The number of benzene rings is 1. The van der Waals surface area contributed by atoms with E-state index in [9.17, 15) is 0 Å². The zero-order valence-electron chi connectivity index (χ0n) is 14.7. The number of nitrogens with zero attached hydrogens (tertiary/aromatic N) is 2. The summed E-state index contributed by atoms with van der Waals surface area (Å²) in [5.41, 5.74) is 11.0. The Morgan fingerprint density at radius 2 is 1.57 bits per heavy atom. The number of ether oxygens (including phenoxy) is 1. The summed E-state index contributed by atoms with van der Waals surface area (Å²) in [4.78, 5) is 3.14. The lowest BCUT2D eigenvalue weighted by Gasteiger charge is -2.33. The number of allylic oxidation sites excluding steroid dienone is 2. The Morgan fingerprint density at radius 3 is 2.04 bits per heavy atom. The average molecular weight is 310 g/mol. The molecular weight excluding hydrogens is 284 g/mol. The van der Waals surface area contributed by atoms with E-state index in [1.54, 1.807) is 12.2 Å². The van der Waals surface area contributed by atoms with E-state index in [2.05, 4.69) is 51.5 Å². The van der Waals surface area contributed by atoms with Gasteiger partial charge in [-0.2, -0.15) is 4.79 Å². The van der Waals surface area contributed by atoms with Crippen LogP contribution in [-0.2, 0) is 5.41 Å². The summed E-state index contributed by atoms with van der Waals surface area (Å²) in [5, 5.41) is 0. The van der Waals surface area contributed by atoms with Gasteiger partial charge in [0, 0.05) is 12.2 Å². The van der Waals surface area contributed by atoms with Crippen molar-refractivity contribution in [2.75, 3.05) is 0 Å². The van der Waals surface area contributed by atoms with E-state index in [4.69, 9.17) is 10.3 Å². The van der Waals surface area contributed by atoms with Gasteiger partial charge in [-0.3, -0.25) is 0 Å². The molecule has 0 aromatic heterocycles. The maximum Gasteiger partial charge on any atom is 0.315 e. The normalized spacial score (nSPS) is 18.0. The van der Waals surface area contributed by atoms with Gasteiger partial charge in [0.25, 0.3) is 0 Å². The zero-order valence-corrected chi connectivity index (χ0v) is 14.7. The van der Waals surface area contributed by atoms with E-state index >= 15 is 0 Å². The topological polar surface area (TPSA) is 45.6 Å². The first kappa shape index (κ1) is 17.2. The maximum atomic E-state index is 8.70. The minimum atomic E-state index is -0.131. The summed E-state index contributed by atoms with van der Waals surface area (Å²) < 4.78 is 5.91. The molecule has 2 rings (SSSR count). The molecule has 0 heterocycles. The molecule has 0 spiro atoms. The molecule has 3 heteroatoms. The summed E-state index contributed by atoms with van der Waals surface area (Å²) in [7, 11) is 0. The van der Waals surface area contributed by atoms with Gasteiger partial charge in [-0.1, -0.05) is 46.8 Å². The second kappa shape index (κ2) is 6.55. The Hall–Kier alpha value is -2.12. The second-order valence-corrected chi connectivity index (χ2v) is 7.97. The van der Waals surface area contributed by atoms with Gasteiger partial charge >= 0.3 is 5.71 Å². The lowest BCUT2D eigenvalue weighted by atomic mass is 9.72. The van der Waals surface area contributed by atoms with Crippen LogP contribution in [0.15, 0.2) is 48.6 Å². The van der Waals surface area contributed by atoms with Gasteiger partial charge in [-0.15, -0.1) is 0 Å². The van der Waals surface area contributed by atoms with Gasteiger partial charge < -0.3 is 10.3 Å². The van der Waals surface area contributed by atoms with E-state index in [-0.39, 0.29) is 11.5 Å². The van der Waals surface area contributed by atoms with Crippen LogP contribution in [0, 0.1) is 5.41 Å². The first-order valence-corrected chi connectivity index (χ1v) is 8.05. The van der Waals surface area contributed by atoms with Crippen molar-refractivity contribution < 1.29 is 9.53 Å². The summed E-state index contributed by atoms with van der Waals surface area (Å²) >= 11 is 0. The lowest BCUT2D eigenvalue weighted by molar-refractivity contribution is -0.00178. The SMILES string of the molecule is CC(C)(C)CC(C)(C)c1ccc(OC2C=CC(=[N+]=[N-])C=C2)cc1. The third-order valence-corrected chi connectivity index (χ3v) is 3.91. The van der Waals surface area contributed by atoms with Crippen molar-refractivity contribution in [3.63, 3.8) is 0 Å². The zero-order chi connectivity index (χ0) is 17.1. The molecule has 0 bridgehead atoms. The van der Waals surface area contributed by atoms with Gasteiger partial charge in [-0.05, 0) is 47.1 Å². The second-order valence-electron chi connectivity index (χ2n) is 7.97. The minimum Gasteiger partial charge on any atom is -0.482 e. The van der Waals surface area contributed by atoms with Gasteiger partial charge in [0.15, 0.2) is 0 Å². The van der Waals surface area contributed by atoms with E-state index < -0.39 is 0 Å². The maximum absolute atomic E-state index is 8.70. The molecule has 1 aromatic rings. The van der Waals surface area contributed by atoms with Crippen LogP contribution in [0.2, 0.25) is 0 Å². The summed E-state index contributed by atoms with van der Waals surface area (Å²) in [6, 6.07) is 8.35. The van der Waals surface area contributed by atoms with Crippen molar-refractivity contribution in [3.05, 3.63) is 59.7 Å². The van der Waals surface area contributed by atoms with E-state index in [1.165, 1.54) is 5.56 Å². The van der Waals surface area contributed by atoms with Crippen LogP contribution < -0.4 is 4.74 Å². The predicted octanol–water partition coefficient (Wildman–Crippen LogP) is 4.94. The van der Waals surface area contributed by atoms with Gasteiger partial charge in [0.2, 0.25) is 0 Å². The van der Waals surface area contributed by atoms with Crippen LogP contribution in [0.1, 0.15) is 46.6 Å². The Morgan fingerprint density at radius 1 is 1.00 bits per heavy atom. The molecule has 1 aliphatic rings. The molecule has 0 amide bonds. The molecular formula is C20H26N2O. The van der Waals surface area contributed by atoms with Gasteiger partial charge in [0.05, 0.1) is 0 Å². The quantitative estimate of drug-likeness (QED) is 0.573. The molecule has 0 radical (unpaired) electrons. The molecule has 1 aliphatic carbocycles. The molecule has 0 atom stereocenters. The molecule has 0 aliphatic heterocycles. The Labute approximate surface area is 139 Å². The van der Waals surface area contributed by atoms with Crippen LogP contribution >= 0.6 is 0 Å². The van der Waals surface area contributed by atoms with Crippen molar-refractivity contribution in [1.82, 2.24) is 0 Å². The number of rotatable bonds is 4. The third kappa shape index (κ3) is 4.94. The van der Waals surface area contributed by atoms with Gasteiger partial charge in [0.1, 0.15) is 11.9 Å². The first-order valence-electron chi connectivity index (χ1n) is 8.05. The van der Waals surface area contributed by atoms with Crippen molar-refractivity contribution in [2.45, 2.75) is 52.6 Å². The van der Waals surface area contributed by atoms with Crippen molar-refractivity contribution in [3.8, 4) is 5.75 Å². The monoisotopic (exact) mass is 310 g/mol. The number of hydrogen-bond donors (Lipinski definition) is 0. The molecule has 0 fully saturated rings. The lowest BCUT2D eigenvalue weighted by Crippen LogP contribution is -2.24. The highest BCUT2D eigenvalue weighted by Crippen LogP contribution is 2.36. The standard InChI is InChI=1S/C20H26N2O/c1-19(2,3)14-20(4,5)15-6-10-17(11-7-15)23-18-12-8-16(22-21)9-13-18/h6-13,18H,14H2,1-5H3. The van der Waals surface area contributed by atoms with Crippen LogP contribution in [0.25, 0.3) is 5.53 Å². The predicted molar refractivity (Wildman–Crippen MR) is 94.9 cm³/mol. The summed E-state index contributed by atoms with van der Waals surface area (Å²) in [6.45, 7) is 11.4. The fourth-order valence-corrected chi connectivity index (χ4v) is 3.22. The Kier molecular flexibility index (Phi) is 4.91. The molecule has 122 valence electrons. The first-order chi connectivity index (χ1) is 10.7. The molecule has 0 N–H and O–H groups in total. The highest BCUT2D eigenvalue weighted by Gasteiger charge is 2.27. The molecule has 0 unspecified atom stereocenters. The van der Waals surface area contributed by atoms with Crippen LogP contribution in [0.3, 0.4) is 0 Å². The highest BCUT2D eigenvalue weighted by atomic mass is 16.5. The van der Waals surface area contributed by atoms with Crippen molar-refractivity contribution in [1.29, 1.82) is 0 Å². The summed E-state index contributed by atoms with van der Waals surface area (Å²) in [5.74, 6) is 0.837. The molecule has 3 nitrogen and oxygen atoms in total. The summed E-state index contributed by atoms with van der Waals surface area (Å²) in [6.07, 6.45) is 8.21. The smallest absolute Gasteiger partial charge is 0.315 e. The van der Waals surface area contributed by atoms with E-state index in [1.807, 2.05) is 24.3 Å². The van der Waals surface area contributed by atoms with Crippen molar-refractivity contribution >= 4 is 5.71 Å². The molecule has 0 saturated heterocycles. The number of hydrogen-bond acceptors (Lipinski definition) is 1. The fraction of sp³-hybridized carbons (Fsp3) is 0.450. The van der Waals surface area contributed by atoms with Crippen LogP contribution in [0.5, 0.6) is 5.75 Å². The molecule has 1 aromatic carbocycles. The molecule has 23 heavy (non-hydrogen) atoms. The molecule has 0 saturated carbocycles. The Balaban J connectivity index is 2.06.